The summed E-state index contributed by atoms with van der Waals surface area (Å²) in [5.41, 5.74) is 6.30. The van der Waals surface area contributed by atoms with Crippen LogP contribution in [0.15, 0.2) is 24.3 Å². The molecule has 2 rings (SSSR count). The number of hydrogen-bond donors (Lipinski definition) is 4. The zero-order valence-electron chi connectivity index (χ0n) is 10.8. The van der Waals surface area contributed by atoms with Crippen molar-refractivity contribution in [3.8, 4) is 0 Å². The first-order valence-corrected chi connectivity index (χ1v) is 6.27. The Labute approximate surface area is 111 Å². The maximum absolute atomic E-state index is 12.0. The fraction of sp³-hybridized carbons (Fsp3) is 0.385. The highest BCUT2D eigenvalue weighted by Crippen LogP contribution is 2.18. The van der Waals surface area contributed by atoms with E-state index in [1.807, 2.05) is 0 Å². The molecule has 1 saturated heterocycles. The molecule has 1 aliphatic heterocycles. The molecule has 1 aromatic rings. The minimum Gasteiger partial charge on any atom is -0.351 e. The molecule has 0 aliphatic carbocycles. The third-order valence-corrected chi connectivity index (χ3v) is 3.24. The van der Waals surface area contributed by atoms with E-state index < -0.39 is 6.03 Å². The van der Waals surface area contributed by atoms with Crippen LogP contribution < -0.4 is 21.7 Å². The summed E-state index contributed by atoms with van der Waals surface area (Å²) < 4.78 is 0. The molecule has 3 amide bonds. The zero-order valence-corrected chi connectivity index (χ0v) is 10.8. The van der Waals surface area contributed by atoms with Gasteiger partial charge in [0, 0.05) is 11.4 Å². The van der Waals surface area contributed by atoms with E-state index in [2.05, 4.69) is 22.9 Å². The highest BCUT2D eigenvalue weighted by atomic mass is 16.2. The van der Waals surface area contributed by atoms with Crippen LogP contribution in [0.5, 0.6) is 0 Å². The van der Waals surface area contributed by atoms with Gasteiger partial charge in [-0.15, -0.1) is 0 Å². The molecule has 1 aromatic carbocycles. The number of nitrogens with two attached hydrogens (primary N) is 1. The summed E-state index contributed by atoms with van der Waals surface area (Å²) >= 11 is 0. The monoisotopic (exact) mass is 262 g/mol. The molecule has 0 saturated carbocycles. The topological polar surface area (TPSA) is 96.2 Å². The number of carbonyl (C=O) groups is 2. The van der Waals surface area contributed by atoms with Gasteiger partial charge in [-0.3, -0.25) is 4.79 Å². The van der Waals surface area contributed by atoms with E-state index >= 15 is 0 Å². The molecule has 6 heteroatoms. The van der Waals surface area contributed by atoms with Crippen LogP contribution in [0.1, 0.15) is 13.3 Å². The van der Waals surface area contributed by atoms with Gasteiger partial charge in [-0.05, 0) is 43.1 Å². The average molecular weight is 262 g/mol. The first-order chi connectivity index (χ1) is 9.06. The molecule has 2 unspecified atom stereocenters. The minimum absolute atomic E-state index is 0.0272. The van der Waals surface area contributed by atoms with Crippen molar-refractivity contribution in [1.29, 1.82) is 0 Å². The Morgan fingerprint density at radius 2 is 1.79 bits per heavy atom. The average Bonchev–Trinajstić information content (AvgIpc) is 2.77. The second-order valence-corrected chi connectivity index (χ2v) is 4.75. The van der Waals surface area contributed by atoms with Crippen molar-refractivity contribution in [2.45, 2.75) is 19.4 Å². The summed E-state index contributed by atoms with van der Waals surface area (Å²) in [5.74, 6) is 0.316. The molecule has 19 heavy (non-hydrogen) atoms. The molecular formula is C13H18N4O2. The summed E-state index contributed by atoms with van der Waals surface area (Å²) in [6, 6.07) is 6.08. The lowest BCUT2D eigenvalue weighted by atomic mass is 10.0. The zero-order chi connectivity index (χ0) is 13.8. The number of urea groups is 1. The molecule has 0 radical (unpaired) electrons. The number of rotatable bonds is 3. The maximum atomic E-state index is 12.0. The summed E-state index contributed by atoms with van der Waals surface area (Å²) in [6.45, 7) is 2.94. The summed E-state index contributed by atoms with van der Waals surface area (Å²) in [6.07, 6.45) is 1.01. The Kier molecular flexibility index (Phi) is 4.01. The fourth-order valence-electron chi connectivity index (χ4n) is 2.18. The predicted octanol–water partition coefficient (Wildman–Crippen LogP) is 1.11. The van der Waals surface area contributed by atoms with Crippen molar-refractivity contribution in [3.63, 3.8) is 0 Å². The van der Waals surface area contributed by atoms with Crippen LogP contribution in [0.3, 0.4) is 0 Å². The van der Waals surface area contributed by atoms with E-state index in [4.69, 9.17) is 5.73 Å². The first kappa shape index (κ1) is 13.4. The molecule has 1 aliphatic rings. The van der Waals surface area contributed by atoms with Crippen LogP contribution >= 0.6 is 0 Å². The maximum Gasteiger partial charge on any atom is 0.316 e. The first-order valence-electron chi connectivity index (χ1n) is 6.27. The Bertz CT molecular complexity index is 472. The standard InChI is InChI=1S/C13H18N4O2/c1-8-6-7-15-11(8)12(18)16-9-2-4-10(5-3-9)17-13(14)19/h2-5,8,11,15H,6-7H2,1H3,(H,16,18)(H3,14,17,19). The number of carbonyl (C=O) groups excluding carboxylic acids is 2. The van der Waals surface area contributed by atoms with E-state index in [1.54, 1.807) is 24.3 Å². The SMILES string of the molecule is CC1CCNC1C(=O)Nc1ccc(NC(N)=O)cc1. The van der Waals surface area contributed by atoms with Crippen LogP contribution in [-0.4, -0.2) is 24.5 Å². The van der Waals surface area contributed by atoms with E-state index in [9.17, 15) is 9.59 Å². The van der Waals surface area contributed by atoms with Crippen LogP contribution in [0.25, 0.3) is 0 Å². The molecule has 5 N–H and O–H groups in total. The van der Waals surface area contributed by atoms with Gasteiger partial charge in [-0.1, -0.05) is 6.92 Å². The highest BCUT2D eigenvalue weighted by molar-refractivity contribution is 5.95. The van der Waals surface area contributed by atoms with Crippen molar-refractivity contribution < 1.29 is 9.59 Å². The van der Waals surface area contributed by atoms with Gasteiger partial charge in [-0.25, -0.2) is 4.79 Å². The lowest BCUT2D eigenvalue weighted by molar-refractivity contribution is -0.118. The highest BCUT2D eigenvalue weighted by Gasteiger charge is 2.29. The molecule has 2 atom stereocenters. The van der Waals surface area contributed by atoms with Crippen LogP contribution in [0, 0.1) is 5.92 Å². The number of benzene rings is 1. The third-order valence-electron chi connectivity index (χ3n) is 3.24. The van der Waals surface area contributed by atoms with Gasteiger partial charge in [0.25, 0.3) is 0 Å². The Hall–Kier alpha value is -2.08. The molecule has 1 heterocycles. The van der Waals surface area contributed by atoms with Crippen molar-refractivity contribution in [2.75, 3.05) is 17.2 Å². The number of primary amides is 1. The van der Waals surface area contributed by atoms with Crippen molar-refractivity contribution >= 4 is 23.3 Å². The minimum atomic E-state index is -0.610. The van der Waals surface area contributed by atoms with Crippen LogP contribution in [0.2, 0.25) is 0 Å². The summed E-state index contributed by atoms with van der Waals surface area (Å²) in [7, 11) is 0. The van der Waals surface area contributed by atoms with E-state index in [1.165, 1.54) is 0 Å². The summed E-state index contributed by atoms with van der Waals surface area (Å²) in [4.78, 5) is 22.7. The molecule has 1 fully saturated rings. The number of amides is 3. The molecular weight excluding hydrogens is 244 g/mol. The normalized spacial score (nSPS) is 21.9. The Morgan fingerprint density at radius 3 is 2.26 bits per heavy atom. The quantitative estimate of drug-likeness (QED) is 0.657. The second-order valence-electron chi connectivity index (χ2n) is 4.75. The molecule has 0 spiro atoms. The predicted molar refractivity (Wildman–Crippen MR) is 73.8 cm³/mol. The molecule has 0 bridgehead atoms. The summed E-state index contributed by atoms with van der Waals surface area (Å²) in [5, 5.41) is 8.49. The van der Waals surface area contributed by atoms with Gasteiger partial charge in [-0.2, -0.15) is 0 Å². The molecule has 6 nitrogen and oxygen atoms in total. The van der Waals surface area contributed by atoms with E-state index in [0.717, 1.165) is 13.0 Å². The molecule has 102 valence electrons. The number of nitrogens with one attached hydrogen (secondary N) is 3. The third kappa shape index (κ3) is 3.45. The van der Waals surface area contributed by atoms with Gasteiger partial charge < -0.3 is 21.7 Å². The lowest BCUT2D eigenvalue weighted by Crippen LogP contribution is -2.39. The number of anilines is 2. The van der Waals surface area contributed by atoms with E-state index in [-0.39, 0.29) is 11.9 Å². The van der Waals surface area contributed by atoms with Gasteiger partial charge in [0.05, 0.1) is 6.04 Å². The smallest absolute Gasteiger partial charge is 0.316 e. The van der Waals surface area contributed by atoms with Crippen molar-refractivity contribution in [1.82, 2.24) is 5.32 Å². The Balaban J connectivity index is 1.95. The van der Waals surface area contributed by atoms with Gasteiger partial charge in [0.2, 0.25) is 5.91 Å². The largest absolute Gasteiger partial charge is 0.351 e. The van der Waals surface area contributed by atoms with Gasteiger partial charge in [0.1, 0.15) is 0 Å². The Morgan fingerprint density at radius 1 is 1.21 bits per heavy atom. The molecule has 0 aromatic heterocycles. The van der Waals surface area contributed by atoms with Crippen molar-refractivity contribution in [3.05, 3.63) is 24.3 Å². The number of hydrogen-bond acceptors (Lipinski definition) is 3. The van der Waals surface area contributed by atoms with E-state index in [0.29, 0.717) is 17.3 Å². The van der Waals surface area contributed by atoms with Crippen molar-refractivity contribution in [2.24, 2.45) is 11.7 Å². The fourth-order valence-corrected chi connectivity index (χ4v) is 2.18. The lowest BCUT2D eigenvalue weighted by Gasteiger charge is -2.15. The second kappa shape index (κ2) is 5.71. The van der Waals surface area contributed by atoms with Gasteiger partial charge in [0.15, 0.2) is 0 Å². The van der Waals surface area contributed by atoms with Crippen LogP contribution in [0.4, 0.5) is 16.2 Å². The van der Waals surface area contributed by atoms with Gasteiger partial charge >= 0.3 is 6.03 Å². The van der Waals surface area contributed by atoms with Crippen LogP contribution in [-0.2, 0) is 4.79 Å².